The van der Waals surface area contributed by atoms with E-state index in [-0.39, 0.29) is 0 Å². The van der Waals surface area contributed by atoms with Crippen LogP contribution in [0.2, 0.25) is 0 Å². The summed E-state index contributed by atoms with van der Waals surface area (Å²) >= 11 is 0. The third-order valence-electron chi connectivity index (χ3n) is 4.61. The van der Waals surface area contributed by atoms with Gasteiger partial charge in [-0.05, 0) is 58.7 Å². The molecule has 2 aliphatic rings. The van der Waals surface area contributed by atoms with Crippen LogP contribution in [0.15, 0.2) is 0 Å². The number of likely N-dealkylation sites (tertiary alicyclic amines) is 2. The average Bonchev–Trinajstić information content (AvgIpc) is 2.92. The molecule has 0 aromatic carbocycles. The molecule has 1 atom stereocenters. The van der Waals surface area contributed by atoms with Crippen molar-refractivity contribution in [2.75, 3.05) is 39.8 Å². The van der Waals surface area contributed by atoms with E-state index in [2.05, 4.69) is 17.1 Å². The number of nitrogens with one attached hydrogen (secondary N) is 1. The quantitative estimate of drug-likeness (QED) is 0.809. The average molecular weight is 253 g/mol. The Kier molecular flexibility index (Phi) is 5.01. The van der Waals surface area contributed by atoms with Crippen molar-refractivity contribution in [3.63, 3.8) is 0 Å². The van der Waals surface area contributed by atoms with Crippen LogP contribution in [-0.2, 0) is 4.79 Å². The predicted molar refractivity (Wildman–Crippen MR) is 73.5 cm³/mol. The molecule has 0 aromatic heterocycles. The fourth-order valence-corrected chi connectivity index (χ4v) is 3.10. The molecule has 4 heteroatoms. The fourth-order valence-electron chi connectivity index (χ4n) is 3.10. The fraction of sp³-hybridized carbons (Fsp3) is 0.929. The Morgan fingerprint density at radius 2 is 1.83 bits per heavy atom. The van der Waals surface area contributed by atoms with Gasteiger partial charge in [-0.1, -0.05) is 0 Å². The molecule has 2 aliphatic heterocycles. The molecule has 2 fully saturated rings. The van der Waals surface area contributed by atoms with Crippen molar-refractivity contribution in [2.45, 2.75) is 38.6 Å². The smallest absolute Gasteiger partial charge is 0.236 e. The third-order valence-corrected chi connectivity index (χ3v) is 4.61. The first-order valence-corrected chi connectivity index (χ1v) is 7.38. The van der Waals surface area contributed by atoms with Gasteiger partial charge in [-0.25, -0.2) is 0 Å². The molecule has 2 saturated heterocycles. The third kappa shape index (κ3) is 3.45. The highest BCUT2D eigenvalue weighted by Crippen LogP contribution is 2.20. The Hall–Kier alpha value is -0.610. The molecule has 1 unspecified atom stereocenters. The summed E-state index contributed by atoms with van der Waals surface area (Å²) in [5.74, 6) is 1.11. The molecule has 0 aliphatic carbocycles. The van der Waals surface area contributed by atoms with Crippen LogP contribution in [0.1, 0.15) is 32.6 Å². The normalized spacial score (nSPS) is 24.4. The lowest BCUT2D eigenvalue weighted by molar-refractivity contribution is -0.131. The minimum atomic E-state index is 0.340. The molecule has 104 valence electrons. The highest BCUT2D eigenvalue weighted by Gasteiger charge is 2.26. The van der Waals surface area contributed by atoms with E-state index in [0.29, 0.717) is 18.5 Å². The van der Waals surface area contributed by atoms with Gasteiger partial charge in [0.15, 0.2) is 0 Å². The van der Waals surface area contributed by atoms with E-state index in [1.807, 2.05) is 11.9 Å². The van der Waals surface area contributed by atoms with Gasteiger partial charge in [0, 0.05) is 19.1 Å². The van der Waals surface area contributed by atoms with Gasteiger partial charge in [-0.3, -0.25) is 9.69 Å². The van der Waals surface area contributed by atoms with Gasteiger partial charge < -0.3 is 10.2 Å². The molecule has 2 heterocycles. The standard InChI is InChI=1S/C14H27N3O/c1-12(15-2)13-5-9-16(10-6-13)11-14(18)17-7-3-4-8-17/h12-13,15H,3-11H2,1-2H3. The summed E-state index contributed by atoms with van der Waals surface area (Å²) in [4.78, 5) is 16.4. The molecule has 0 radical (unpaired) electrons. The molecule has 1 N–H and O–H groups in total. The van der Waals surface area contributed by atoms with E-state index in [0.717, 1.165) is 32.1 Å². The molecule has 0 bridgehead atoms. The summed E-state index contributed by atoms with van der Waals surface area (Å²) in [6, 6.07) is 0.599. The molecule has 0 saturated carbocycles. The van der Waals surface area contributed by atoms with Crippen molar-refractivity contribution >= 4 is 5.91 Å². The zero-order valence-corrected chi connectivity index (χ0v) is 11.8. The van der Waals surface area contributed by atoms with Gasteiger partial charge in [0.2, 0.25) is 5.91 Å². The number of rotatable bonds is 4. The van der Waals surface area contributed by atoms with E-state index in [1.165, 1.54) is 25.7 Å². The molecule has 0 aromatic rings. The Bertz CT molecular complexity index is 268. The van der Waals surface area contributed by atoms with Crippen LogP contribution >= 0.6 is 0 Å². The maximum atomic E-state index is 12.1. The lowest BCUT2D eigenvalue weighted by Gasteiger charge is -2.35. The highest BCUT2D eigenvalue weighted by molar-refractivity contribution is 5.78. The van der Waals surface area contributed by atoms with Crippen LogP contribution in [0.3, 0.4) is 0 Å². The Morgan fingerprint density at radius 1 is 1.22 bits per heavy atom. The van der Waals surface area contributed by atoms with Crippen LogP contribution in [0.25, 0.3) is 0 Å². The van der Waals surface area contributed by atoms with Crippen LogP contribution in [0.5, 0.6) is 0 Å². The summed E-state index contributed by atoms with van der Waals surface area (Å²) in [6.45, 7) is 7.01. The summed E-state index contributed by atoms with van der Waals surface area (Å²) in [7, 11) is 2.04. The van der Waals surface area contributed by atoms with Crippen molar-refractivity contribution in [1.82, 2.24) is 15.1 Å². The van der Waals surface area contributed by atoms with Gasteiger partial charge in [-0.15, -0.1) is 0 Å². The lowest BCUT2D eigenvalue weighted by atomic mass is 9.90. The minimum absolute atomic E-state index is 0.340. The molecule has 18 heavy (non-hydrogen) atoms. The Balaban J connectivity index is 1.71. The zero-order valence-electron chi connectivity index (χ0n) is 11.8. The second-order valence-electron chi connectivity index (χ2n) is 5.78. The first kappa shape index (κ1) is 13.8. The summed E-state index contributed by atoms with van der Waals surface area (Å²) < 4.78 is 0. The van der Waals surface area contributed by atoms with Gasteiger partial charge in [-0.2, -0.15) is 0 Å². The second-order valence-corrected chi connectivity index (χ2v) is 5.78. The number of hydrogen-bond acceptors (Lipinski definition) is 3. The van der Waals surface area contributed by atoms with Gasteiger partial charge in [0.25, 0.3) is 0 Å². The largest absolute Gasteiger partial charge is 0.342 e. The second kappa shape index (κ2) is 6.53. The van der Waals surface area contributed by atoms with E-state index in [9.17, 15) is 4.79 Å². The monoisotopic (exact) mass is 253 g/mol. The van der Waals surface area contributed by atoms with E-state index in [1.54, 1.807) is 0 Å². The Morgan fingerprint density at radius 3 is 2.39 bits per heavy atom. The van der Waals surface area contributed by atoms with Crippen LogP contribution in [-0.4, -0.2) is 61.5 Å². The van der Waals surface area contributed by atoms with Crippen LogP contribution < -0.4 is 5.32 Å². The molecule has 4 nitrogen and oxygen atoms in total. The van der Waals surface area contributed by atoms with Gasteiger partial charge in [0.05, 0.1) is 6.54 Å². The van der Waals surface area contributed by atoms with Gasteiger partial charge >= 0.3 is 0 Å². The van der Waals surface area contributed by atoms with E-state index >= 15 is 0 Å². The first-order valence-electron chi connectivity index (χ1n) is 7.38. The molecule has 1 amide bonds. The van der Waals surface area contributed by atoms with Crippen LogP contribution in [0, 0.1) is 5.92 Å². The SMILES string of the molecule is CNC(C)C1CCN(CC(=O)N2CCCC2)CC1. The number of nitrogens with zero attached hydrogens (tertiary/aromatic N) is 2. The maximum Gasteiger partial charge on any atom is 0.236 e. The lowest BCUT2D eigenvalue weighted by Crippen LogP contribution is -2.45. The molecule has 2 rings (SSSR count). The zero-order chi connectivity index (χ0) is 13.0. The minimum Gasteiger partial charge on any atom is -0.342 e. The number of piperidine rings is 1. The van der Waals surface area contributed by atoms with E-state index < -0.39 is 0 Å². The van der Waals surface area contributed by atoms with Crippen molar-refractivity contribution in [2.24, 2.45) is 5.92 Å². The maximum absolute atomic E-state index is 12.1. The number of hydrogen-bond donors (Lipinski definition) is 1. The molecular weight excluding hydrogens is 226 g/mol. The first-order chi connectivity index (χ1) is 8.70. The molecular formula is C14H27N3O. The summed E-state index contributed by atoms with van der Waals surface area (Å²) in [5.41, 5.74) is 0. The predicted octanol–water partition coefficient (Wildman–Crippen LogP) is 0.929. The Labute approximate surface area is 111 Å². The summed E-state index contributed by atoms with van der Waals surface area (Å²) in [5, 5.41) is 3.34. The van der Waals surface area contributed by atoms with Crippen molar-refractivity contribution in [3.8, 4) is 0 Å². The number of carbonyl (C=O) groups excluding carboxylic acids is 1. The molecule has 0 spiro atoms. The van der Waals surface area contributed by atoms with Crippen LogP contribution in [0.4, 0.5) is 0 Å². The van der Waals surface area contributed by atoms with E-state index in [4.69, 9.17) is 0 Å². The topological polar surface area (TPSA) is 35.6 Å². The van der Waals surface area contributed by atoms with Crippen molar-refractivity contribution in [1.29, 1.82) is 0 Å². The van der Waals surface area contributed by atoms with Crippen molar-refractivity contribution in [3.05, 3.63) is 0 Å². The number of carbonyl (C=O) groups is 1. The van der Waals surface area contributed by atoms with Gasteiger partial charge in [0.1, 0.15) is 0 Å². The highest BCUT2D eigenvalue weighted by atomic mass is 16.2. The van der Waals surface area contributed by atoms with Crippen molar-refractivity contribution < 1.29 is 4.79 Å². The number of amides is 1. The summed E-state index contributed by atoms with van der Waals surface area (Å²) in [6.07, 6.45) is 4.81.